The number of aryl methyl sites for hydroxylation is 2. The SMILES string of the molecule is Cc1cc([C@@H](C)NC(=O)Cc2csc(-c3cccs3)n2)c(C)s1. The molecule has 0 aromatic carbocycles. The lowest BCUT2D eigenvalue weighted by molar-refractivity contribution is -0.121. The van der Waals surface area contributed by atoms with Gasteiger partial charge >= 0.3 is 0 Å². The van der Waals surface area contributed by atoms with E-state index < -0.39 is 0 Å². The van der Waals surface area contributed by atoms with Crippen LogP contribution in [0.5, 0.6) is 0 Å². The fourth-order valence-corrected chi connectivity index (χ4v) is 5.17. The van der Waals surface area contributed by atoms with Crippen molar-refractivity contribution in [3.8, 4) is 9.88 Å². The third-order valence-electron chi connectivity index (χ3n) is 3.55. The number of thiophene rings is 2. The van der Waals surface area contributed by atoms with E-state index in [2.05, 4.69) is 36.3 Å². The highest BCUT2D eigenvalue weighted by Gasteiger charge is 2.15. The van der Waals surface area contributed by atoms with Crippen LogP contribution in [0, 0.1) is 13.8 Å². The quantitative estimate of drug-likeness (QED) is 0.696. The van der Waals surface area contributed by atoms with Crippen molar-refractivity contribution >= 4 is 39.9 Å². The summed E-state index contributed by atoms with van der Waals surface area (Å²) in [5.41, 5.74) is 2.04. The number of amides is 1. The van der Waals surface area contributed by atoms with Gasteiger partial charge < -0.3 is 5.32 Å². The minimum Gasteiger partial charge on any atom is -0.349 e. The first kappa shape index (κ1) is 16.4. The van der Waals surface area contributed by atoms with Crippen molar-refractivity contribution in [2.45, 2.75) is 33.2 Å². The molecule has 0 aliphatic heterocycles. The van der Waals surface area contributed by atoms with Gasteiger partial charge in [-0.2, -0.15) is 0 Å². The molecule has 6 heteroatoms. The Hall–Kier alpha value is -1.50. The molecule has 23 heavy (non-hydrogen) atoms. The number of carbonyl (C=O) groups excluding carboxylic acids is 1. The van der Waals surface area contributed by atoms with Crippen LogP contribution in [0.1, 0.15) is 34.0 Å². The van der Waals surface area contributed by atoms with Gasteiger partial charge in [-0.05, 0) is 43.8 Å². The molecule has 3 rings (SSSR count). The van der Waals surface area contributed by atoms with Gasteiger partial charge in [-0.15, -0.1) is 34.0 Å². The summed E-state index contributed by atoms with van der Waals surface area (Å²) in [5, 5.41) is 8.07. The van der Waals surface area contributed by atoms with Crippen molar-refractivity contribution in [1.29, 1.82) is 0 Å². The molecule has 1 atom stereocenters. The maximum absolute atomic E-state index is 12.3. The van der Waals surface area contributed by atoms with Crippen molar-refractivity contribution in [2.24, 2.45) is 0 Å². The van der Waals surface area contributed by atoms with Gasteiger partial charge in [0.2, 0.25) is 5.91 Å². The van der Waals surface area contributed by atoms with Gasteiger partial charge in [-0.25, -0.2) is 4.98 Å². The molecule has 3 nitrogen and oxygen atoms in total. The Balaban J connectivity index is 1.62. The first-order chi connectivity index (χ1) is 11.0. The van der Waals surface area contributed by atoms with E-state index in [-0.39, 0.29) is 11.9 Å². The maximum Gasteiger partial charge on any atom is 0.226 e. The maximum atomic E-state index is 12.3. The van der Waals surface area contributed by atoms with Gasteiger partial charge in [0.15, 0.2) is 0 Å². The Labute approximate surface area is 148 Å². The highest BCUT2D eigenvalue weighted by atomic mass is 32.1. The minimum absolute atomic E-state index is 0.0174. The molecule has 0 bridgehead atoms. The summed E-state index contributed by atoms with van der Waals surface area (Å²) in [6.07, 6.45) is 0.328. The van der Waals surface area contributed by atoms with Gasteiger partial charge in [0.25, 0.3) is 0 Å². The highest BCUT2D eigenvalue weighted by Crippen LogP contribution is 2.28. The number of thiazole rings is 1. The number of carbonyl (C=O) groups is 1. The molecule has 0 saturated carbocycles. The lowest BCUT2D eigenvalue weighted by Crippen LogP contribution is -2.28. The summed E-state index contributed by atoms with van der Waals surface area (Å²) in [6, 6.07) is 6.25. The largest absolute Gasteiger partial charge is 0.349 e. The standard InChI is InChI=1S/C17H18N2OS3/c1-10-7-14(12(3)23-10)11(2)18-16(20)8-13-9-22-17(19-13)15-5-4-6-21-15/h4-7,9,11H,8H2,1-3H3,(H,18,20)/t11-/m1/s1. The molecule has 3 aromatic heterocycles. The Morgan fingerprint density at radius 3 is 2.83 bits per heavy atom. The van der Waals surface area contributed by atoms with E-state index in [1.54, 1.807) is 34.0 Å². The summed E-state index contributed by atoms with van der Waals surface area (Å²) < 4.78 is 0. The first-order valence-corrected chi connectivity index (χ1v) is 9.95. The van der Waals surface area contributed by atoms with Crippen LogP contribution in [0.2, 0.25) is 0 Å². The second-order valence-corrected chi connectivity index (χ2v) is 8.72. The van der Waals surface area contributed by atoms with Crippen LogP contribution < -0.4 is 5.32 Å². The second kappa shape index (κ2) is 6.95. The minimum atomic E-state index is 0.0174. The zero-order valence-electron chi connectivity index (χ0n) is 13.3. The Kier molecular flexibility index (Phi) is 4.94. The molecule has 1 amide bonds. The molecule has 0 unspecified atom stereocenters. The lowest BCUT2D eigenvalue weighted by Gasteiger charge is -2.13. The van der Waals surface area contributed by atoms with E-state index in [0.29, 0.717) is 6.42 Å². The molecule has 0 aliphatic carbocycles. The molecule has 0 aliphatic rings. The average molecular weight is 363 g/mol. The van der Waals surface area contributed by atoms with Crippen LogP contribution in [0.3, 0.4) is 0 Å². The molecular weight excluding hydrogens is 344 g/mol. The van der Waals surface area contributed by atoms with Crippen LogP contribution in [-0.4, -0.2) is 10.9 Å². The number of nitrogens with one attached hydrogen (secondary N) is 1. The average Bonchev–Trinajstić information content (AvgIpc) is 3.19. The number of aromatic nitrogens is 1. The van der Waals surface area contributed by atoms with Crippen molar-refractivity contribution < 1.29 is 4.79 Å². The lowest BCUT2D eigenvalue weighted by atomic mass is 10.1. The van der Waals surface area contributed by atoms with Crippen molar-refractivity contribution in [3.05, 3.63) is 50.0 Å². The summed E-state index contributed by atoms with van der Waals surface area (Å²) >= 11 is 5.03. The van der Waals surface area contributed by atoms with Crippen LogP contribution in [0.25, 0.3) is 9.88 Å². The molecule has 0 fully saturated rings. The normalized spacial score (nSPS) is 12.3. The summed E-state index contributed by atoms with van der Waals surface area (Å²) in [4.78, 5) is 20.5. The third kappa shape index (κ3) is 3.88. The Morgan fingerprint density at radius 1 is 1.35 bits per heavy atom. The summed E-state index contributed by atoms with van der Waals surface area (Å²) in [7, 11) is 0. The smallest absolute Gasteiger partial charge is 0.226 e. The molecule has 1 N–H and O–H groups in total. The van der Waals surface area contributed by atoms with E-state index in [9.17, 15) is 4.79 Å². The number of nitrogens with zero attached hydrogens (tertiary/aromatic N) is 1. The van der Waals surface area contributed by atoms with Gasteiger partial charge in [-0.1, -0.05) is 6.07 Å². The molecule has 3 aromatic rings. The number of rotatable bonds is 5. The van der Waals surface area contributed by atoms with E-state index >= 15 is 0 Å². The van der Waals surface area contributed by atoms with Crippen LogP contribution >= 0.6 is 34.0 Å². The van der Waals surface area contributed by atoms with Crippen LogP contribution in [0.15, 0.2) is 29.0 Å². The topological polar surface area (TPSA) is 42.0 Å². The van der Waals surface area contributed by atoms with Crippen LogP contribution in [-0.2, 0) is 11.2 Å². The first-order valence-electron chi connectivity index (χ1n) is 7.37. The molecular formula is C17H18N2OS3. The van der Waals surface area contributed by atoms with E-state index in [4.69, 9.17) is 0 Å². The number of hydrogen-bond donors (Lipinski definition) is 1. The third-order valence-corrected chi connectivity index (χ3v) is 6.46. The fourth-order valence-electron chi connectivity index (χ4n) is 2.52. The van der Waals surface area contributed by atoms with Gasteiger partial charge in [0.05, 0.1) is 23.0 Å². The zero-order valence-corrected chi connectivity index (χ0v) is 15.7. The zero-order chi connectivity index (χ0) is 16.4. The Bertz CT molecular complexity index is 802. The Morgan fingerprint density at radius 2 is 2.17 bits per heavy atom. The molecule has 3 heterocycles. The second-order valence-electron chi connectivity index (χ2n) is 5.46. The molecule has 0 spiro atoms. The monoisotopic (exact) mass is 362 g/mol. The van der Waals surface area contributed by atoms with Gasteiger partial charge in [-0.3, -0.25) is 4.79 Å². The van der Waals surface area contributed by atoms with Crippen molar-refractivity contribution in [1.82, 2.24) is 10.3 Å². The van der Waals surface area contributed by atoms with E-state index in [0.717, 1.165) is 15.6 Å². The van der Waals surface area contributed by atoms with E-state index in [1.807, 2.05) is 23.8 Å². The highest BCUT2D eigenvalue weighted by molar-refractivity contribution is 7.20. The van der Waals surface area contributed by atoms with Crippen molar-refractivity contribution in [2.75, 3.05) is 0 Å². The van der Waals surface area contributed by atoms with Crippen molar-refractivity contribution in [3.63, 3.8) is 0 Å². The van der Waals surface area contributed by atoms with Crippen LogP contribution in [0.4, 0.5) is 0 Å². The van der Waals surface area contributed by atoms with E-state index in [1.165, 1.54) is 15.3 Å². The van der Waals surface area contributed by atoms with Gasteiger partial charge in [0, 0.05) is 15.1 Å². The number of hydrogen-bond acceptors (Lipinski definition) is 5. The predicted molar refractivity (Wildman–Crippen MR) is 99.5 cm³/mol. The molecule has 0 saturated heterocycles. The molecule has 0 radical (unpaired) electrons. The molecule has 120 valence electrons. The van der Waals surface area contributed by atoms with Gasteiger partial charge in [0.1, 0.15) is 5.01 Å². The summed E-state index contributed by atoms with van der Waals surface area (Å²) in [5.74, 6) is 0.0174. The predicted octanol–water partition coefficient (Wildman–Crippen LogP) is 4.97. The fraction of sp³-hybridized carbons (Fsp3) is 0.294. The summed E-state index contributed by atoms with van der Waals surface area (Å²) in [6.45, 7) is 6.23.